The quantitative estimate of drug-likeness (QED) is 0.788. The molecule has 0 bridgehead atoms. The summed E-state index contributed by atoms with van der Waals surface area (Å²) < 4.78 is 7.54. The van der Waals surface area contributed by atoms with Crippen LogP contribution in [0.5, 0.6) is 0 Å². The van der Waals surface area contributed by atoms with Crippen LogP contribution in [0.2, 0.25) is 0 Å². The van der Waals surface area contributed by atoms with Crippen LogP contribution < -0.4 is 0 Å². The Hall–Kier alpha value is -1.36. The predicted octanol–water partition coefficient (Wildman–Crippen LogP) is 1.77. The Balaban J connectivity index is 1.91. The number of carbonyl (C=O) groups is 1. The van der Waals surface area contributed by atoms with Crippen LogP contribution in [0.15, 0.2) is 12.4 Å². The summed E-state index contributed by atoms with van der Waals surface area (Å²) in [7, 11) is 2.00. The van der Waals surface area contributed by atoms with Crippen molar-refractivity contribution >= 4 is 5.97 Å². The van der Waals surface area contributed by atoms with Crippen molar-refractivity contribution in [3.8, 4) is 0 Å². The van der Waals surface area contributed by atoms with Gasteiger partial charge >= 0.3 is 5.97 Å². The summed E-state index contributed by atoms with van der Waals surface area (Å²) in [6, 6.07) is -0.0884. The van der Waals surface area contributed by atoms with E-state index in [-0.39, 0.29) is 12.0 Å². The number of likely N-dealkylation sites (tertiary alicyclic amines) is 1. The molecule has 1 aliphatic heterocycles. The Labute approximate surface area is 120 Å². The second-order valence-corrected chi connectivity index (χ2v) is 6.43. The SMILES string of the molecule is Cn1ccnc1CCN1CCC[C@H]1C(=O)OC(C)(C)C. The monoisotopic (exact) mass is 279 g/mol. The minimum absolute atomic E-state index is 0.0881. The van der Waals surface area contributed by atoms with Crippen molar-refractivity contribution in [3.05, 3.63) is 18.2 Å². The number of imidazole rings is 1. The van der Waals surface area contributed by atoms with Crippen molar-refractivity contribution < 1.29 is 9.53 Å². The fraction of sp³-hybridized carbons (Fsp3) is 0.733. The van der Waals surface area contributed by atoms with Gasteiger partial charge in [0, 0.05) is 32.4 Å². The van der Waals surface area contributed by atoms with Crippen LogP contribution in [0, 0.1) is 0 Å². The Kier molecular flexibility index (Phi) is 4.48. The van der Waals surface area contributed by atoms with Gasteiger partial charge in [0.1, 0.15) is 17.5 Å². The summed E-state index contributed by atoms with van der Waals surface area (Å²) in [6.45, 7) is 7.57. The first kappa shape index (κ1) is 15.0. The zero-order valence-electron chi connectivity index (χ0n) is 12.9. The van der Waals surface area contributed by atoms with E-state index in [0.717, 1.165) is 38.2 Å². The third kappa shape index (κ3) is 3.82. The molecule has 5 heteroatoms. The molecule has 0 N–H and O–H groups in total. The number of ether oxygens (including phenoxy) is 1. The van der Waals surface area contributed by atoms with Crippen LogP contribution in [0.25, 0.3) is 0 Å². The standard InChI is InChI=1S/C15H25N3O2/c1-15(2,3)20-14(19)12-6-5-9-18(12)10-7-13-16-8-11-17(13)4/h8,11-12H,5-7,9-10H2,1-4H3/t12-/m0/s1. The van der Waals surface area contributed by atoms with Crippen LogP contribution >= 0.6 is 0 Å². The van der Waals surface area contributed by atoms with E-state index in [1.165, 1.54) is 0 Å². The minimum atomic E-state index is -0.412. The van der Waals surface area contributed by atoms with Gasteiger partial charge in [0.15, 0.2) is 0 Å². The predicted molar refractivity (Wildman–Crippen MR) is 77.4 cm³/mol. The highest BCUT2D eigenvalue weighted by Crippen LogP contribution is 2.21. The normalized spacial score (nSPS) is 20.3. The van der Waals surface area contributed by atoms with Crippen molar-refractivity contribution in [1.29, 1.82) is 0 Å². The molecule has 1 saturated heterocycles. The first-order valence-electron chi connectivity index (χ1n) is 7.30. The Morgan fingerprint density at radius 2 is 2.25 bits per heavy atom. The van der Waals surface area contributed by atoms with Gasteiger partial charge in [-0.2, -0.15) is 0 Å². The number of carbonyl (C=O) groups excluding carboxylic acids is 1. The Morgan fingerprint density at radius 1 is 1.50 bits per heavy atom. The summed E-state index contributed by atoms with van der Waals surface area (Å²) in [5.41, 5.74) is -0.412. The van der Waals surface area contributed by atoms with Gasteiger partial charge in [-0.3, -0.25) is 9.69 Å². The van der Waals surface area contributed by atoms with Crippen LogP contribution in [-0.2, 0) is 23.0 Å². The van der Waals surface area contributed by atoms with E-state index in [1.54, 1.807) is 0 Å². The number of aromatic nitrogens is 2. The molecule has 0 radical (unpaired) electrons. The fourth-order valence-corrected chi connectivity index (χ4v) is 2.61. The average molecular weight is 279 g/mol. The number of hydrogen-bond acceptors (Lipinski definition) is 4. The summed E-state index contributed by atoms with van der Waals surface area (Å²) in [6.07, 6.45) is 6.58. The summed E-state index contributed by atoms with van der Waals surface area (Å²) >= 11 is 0. The molecule has 1 fully saturated rings. The first-order chi connectivity index (χ1) is 9.37. The lowest BCUT2D eigenvalue weighted by Gasteiger charge is -2.27. The molecular weight excluding hydrogens is 254 g/mol. The highest BCUT2D eigenvalue weighted by atomic mass is 16.6. The maximum Gasteiger partial charge on any atom is 0.323 e. The third-order valence-corrected chi connectivity index (χ3v) is 3.59. The number of hydrogen-bond donors (Lipinski definition) is 0. The number of aryl methyl sites for hydroxylation is 1. The lowest BCUT2D eigenvalue weighted by molar-refractivity contribution is -0.160. The highest BCUT2D eigenvalue weighted by Gasteiger charge is 2.33. The zero-order chi connectivity index (χ0) is 14.8. The van der Waals surface area contributed by atoms with E-state index < -0.39 is 5.60 Å². The van der Waals surface area contributed by atoms with Crippen LogP contribution in [-0.4, -0.2) is 45.2 Å². The molecule has 20 heavy (non-hydrogen) atoms. The van der Waals surface area contributed by atoms with E-state index in [9.17, 15) is 4.79 Å². The molecule has 0 unspecified atom stereocenters. The van der Waals surface area contributed by atoms with E-state index in [2.05, 4.69) is 9.88 Å². The average Bonchev–Trinajstić information content (AvgIpc) is 2.92. The Bertz CT molecular complexity index is 462. The molecule has 2 rings (SSSR count). The van der Waals surface area contributed by atoms with Crippen molar-refractivity contribution in [2.75, 3.05) is 13.1 Å². The van der Waals surface area contributed by atoms with Crippen molar-refractivity contribution in [1.82, 2.24) is 14.5 Å². The largest absolute Gasteiger partial charge is 0.459 e. The van der Waals surface area contributed by atoms with Gasteiger partial charge < -0.3 is 9.30 Å². The topological polar surface area (TPSA) is 47.4 Å². The third-order valence-electron chi connectivity index (χ3n) is 3.59. The first-order valence-corrected chi connectivity index (χ1v) is 7.30. The summed E-state index contributed by atoms with van der Waals surface area (Å²) in [5.74, 6) is 0.967. The molecule has 0 aromatic carbocycles. The summed E-state index contributed by atoms with van der Waals surface area (Å²) in [5, 5.41) is 0. The molecule has 5 nitrogen and oxygen atoms in total. The second-order valence-electron chi connectivity index (χ2n) is 6.43. The fourth-order valence-electron chi connectivity index (χ4n) is 2.61. The molecular formula is C15H25N3O2. The van der Waals surface area contributed by atoms with E-state index >= 15 is 0 Å². The molecule has 112 valence electrons. The molecule has 0 aliphatic carbocycles. The van der Waals surface area contributed by atoms with Gasteiger partial charge in [-0.15, -0.1) is 0 Å². The van der Waals surface area contributed by atoms with Crippen LogP contribution in [0.3, 0.4) is 0 Å². The maximum atomic E-state index is 12.2. The van der Waals surface area contributed by atoms with Gasteiger partial charge in [-0.1, -0.05) is 0 Å². The van der Waals surface area contributed by atoms with E-state index in [0.29, 0.717) is 0 Å². The molecule has 1 atom stereocenters. The second kappa shape index (κ2) is 5.95. The van der Waals surface area contributed by atoms with Crippen molar-refractivity contribution in [2.24, 2.45) is 7.05 Å². The van der Waals surface area contributed by atoms with Crippen LogP contribution in [0.1, 0.15) is 39.4 Å². The summed E-state index contributed by atoms with van der Waals surface area (Å²) in [4.78, 5) is 18.8. The van der Waals surface area contributed by atoms with E-state index in [4.69, 9.17) is 4.74 Å². The van der Waals surface area contributed by atoms with Crippen molar-refractivity contribution in [3.63, 3.8) is 0 Å². The van der Waals surface area contributed by atoms with Gasteiger partial charge in [-0.25, -0.2) is 4.98 Å². The molecule has 0 saturated carbocycles. The molecule has 0 amide bonds. The molecule has 1 aliphatic rings. The van der Waals surface area contributed by atoms with Gasteiger partial charge in [0.05, 0.1) is 0 Å². The molecule has 0 spiro atoms. The number of esters is 1. The zero-order valence-corrected chi connectivity index (χ0v) is 12.9. The van der Waals surface area contributed by atoms with Gasteiger partial charge in [0.2, 0.25) is 0 Å². The number of rotatable bonds is 4. The molecule has 1 aromatic rings. The van der Waals surface area contributed by atoms with E-state index in [1.807, 2.05) is 44.8 Å². The lowest BCUT2D eigenvalue weighted by atomic mass is 10.1. The molecule has 2 heterocycles. The van der Waals surface area contributed by atoms with Crippen molar-refractivity contribution in [2.45, 2.75) is 51.7 Å². The van der Waals surface area contributed by atoms with Gasteiger partial charge in [0.25, 0.3) is 0 Å². The maximum absolute atomic E-state index is 12.2. The van der Waals surface area contributed by atoms with Gasteiger partial charge in [-0.05, 0) is 40.2 Å². The number of nitrogens with zero attached hydrogens (tertiary/aromatic N) is 3. The Morgan fingerprint density at radius 3 is 2.85 bits per heavy atom. The highest BCUT2D eigenvalue weighted by molar-refractivity contribution is 5.76. The van der Waals surface area contributed by atoms with Crippen LogP contribution in [0.4, 0.5) is 0 Å². The minimum Gasteiger partial charge on any atom is -0.459 e. The lowest BCUT2D eigenvalue weighted by Crippen LogP contribution is -2.41. The smallest absolute Gasteiger partial charge is 0.323 e. The molecule has 1 aromatic heterocycles.